The standard InChI is InChI=1S/C15H23BrN2O3/c1-4-12-14(16)13(18(2)17-12)9-21-11-7-5-10(6-8-11)15(19)20-3/h10-11H,4-9H2,1-3H3. The largest absolute Gasteiger partial charge is 0.469 e. The molecular weight excluding hydrogens is 336 g/mol. The van der Waals surface area contributed by atoms with Crippen molar-refractivity contribution in [3.05, 3.63) is 15.9 Å². The van der Waals surface area contributed by atoms with Crippen LogP contribution in [0.15, 0.2) is 4.47 Å². The smallest absolute Gasteiger partial charge is 0.308 e. The monoisotopic (exact) mass is 358 g/mol. The van der Waals surface area contributed by atoms with Gasteiger partial charge < -0.3 is 9.47 Å². The van der Waals surface area contributed by atoms with Gasteiger partial charge in [0.25, 0.3) is 0 Å². The lowest BCUT2D eigenvalue weighted by Gasteiger charge is -2.27. The molecule has 21 heavy (non-hydrogen) atoms. The summed E-state index contributed by atoms with van der Waals surface area (Å²) < 4.78 is 13.7. The van der Waals surface area contributed by atoms with Gasteiger partial charge in [-0.2, -0.15) is 5.10 Å². The van der Waals surface area contributed by atoms with Gasteiger partial charge >= 0.3 is 5.97 Å². The van der Waals surface area contributed by atoms with Gasteiger partial charge in [-0.05, 0) is 48.0 Å². The second-order valence-corrected chi connectivity index (χ2v) is 6.29. The molecule has 1 aliphatic carbocycles. The number of hydrogen-bond acceptors (Lipinski definition) is 4. The van der Waals surface area contributed by atoms with E-state index >= 15 is 0 Å². The lowest BCUT2D eigenvalue weighted by atomic mass is 9.87. The van der Waals surface area contributed by atoms with Crippen molar-refractivity contribution in [2.75, 3.05) is 7.11 Å². The topological polar surface area (TPSA) is 53.4 Å². The Balaban J connectivity index is 1.85. The first kappa shape index (κ1) is 16.5. The predicted octanol–water partition coefficient (Wildman–Crippen LogP) is 2.99. The van der Waals surface area contributed by atoms with Crippen molar-refractivity contribution in [3.63, 3.8) is 0 Å². The van der Waals surface area contributed by atoms with Crippen LogP contribution in [-0.4, -0.2) is 29.0 Å². The Labute approximate surface area is 134 Å². The molecule has 0 saturated heterocycles. The molecule has 0 N–H and O–H groups in total. The Morgan fingerprint density at radius 3 is 2.57 bits per heavy atom. The summed E-state index contributed by atoms with van der Waals surface area (Å²) in [7, 11) is 3.40. The molecule has 2 rings (SSSR count). The summed E-state index contributed by atoms with van der Waals surface area (Å²) in [4.78, 5) is 11.5. The zero-order valence-electron chi connectivity index (χ0n) is 12.9. The summed E-state index contributed by atoms with van der Waals surface area (Å²) in [5.41, 5.74) is 2.13. The fourth-order valence-electron chi connectivity index (χ4n) is 2.81. The van der Waals surface area contributed by atoms with Crippen LogP contribution in [0.4, 0.5) is 0 Å². The summed E-state index contributed by atoms with van der Waals surface area (Å²) >= 11 is 3.60. The van der Waals surface area contributed by atoms with E-state index in [0.29, 0.717) is 6.61 Å². The number of carbonyl (C=O) groups is 1. The fraction of sp³-hybridized carbons (Fsp3) is 0.733. The number of methoxy groups -OCH3 is 1. The van der Waals surface area contributed by atoms with E-state index in [1.165, 1.54) is 7.11 Å². The van der Waals surface area contributed by atoms with Crippen LogP contribution in [0.3, 0.4) is 0 Å². The van der Waals surface area contributed by atoms with Crippen molar-refractivity contribution in [2.45, 2.75) is 51.7 Å². The Kier molecular flexibility index (Phi) is 5.81. The lowest BCUT2D eigenvalue weighted by molar-refractivity contribution is -0.147. The third-order valence-electron chi connectivity index (χ3n) is 4.17. The molecule has 0 aliphatic heterocycles. The van der Waals surface area contributed by atoms with Gasteiger partial charge in [-0.25, -0.2) is 0 Å². The SMILES string of the molecule is CCc1nn(C)c(COC2CCC(C(=O)OC)CC2)c1Br. The number of carbonyl (C=O) groups excluding carboxylic acids is 1. The van der Waals surface area contributed by atoms with Crippen molar-refractivity contribution >= 4 is 21.9 Å². The van der Waals surface area contributed by atoms with Gasteiger partial charge in [-0.1, -0.05) is 6.92 Å². The maximum absolute atomic E-state index is 11.5. The average Bonchev–Trinajstić information content (AvgIpc) is 2.79. The molecule has 1 saturated carbocycles. The molecule has 0 amide bonds. The van der Waals surface area contributed by atoms with E-state index in [0.717, 1.165) is 48.0 Å². The first-order valence-electron chi connectivity index (χ1n) is 7.46. The summed E-state index contributed by atoms with van der Waals surface area (Å²) in [5, 5.41) is 4.47. The van der Waals surface area contributed by atoms with E-state index in [9.17, 15) is 4.79 Å². The maximum Gasteiger partial charge on any atom is 0.308 e. The number of hydrogen-bond donors (Lipinski definition) is 0. The molecule has 5 nitrogen and oxygen atoms in total. The van der Waals surface area contributed by atoms with Gasteiger partial charge in [0.15, 0.2) is 0 Å². The van der Waals surface area contributed by atoms with E-state index in [2.05, 4.69) is 28.0 Å². The highest BCUT2D eigenvalue weighted by atomic mass is 79.9. The highest BCUT2D eigenvalue weighted by Gasteiger charge is 2.27. The number of rotatable bonds is 5. The van der Waals surface area contributed by atoms with Crippen LogP contribution in [0.25, 0.3) is 0 Å². The van der Waals surface area contributed by atoms with Gasteiger partial charge in [-0.3, -0.25) is 9.48 Å². The summed E-state index contributed by atoms with van der Waals surface area (Å²) in [6.07, 6.45) is 4.65. The summed E-state index contributed by atoms with van der Waals surface area (Å²) in [6.45, 7) is 2.64. The predicted molar refractivity (Wildman–Crippen MR) is 82.8 cm³/mol. The third kappa shape index (κ3) is 3.86. The van der Waals surface area contributed by atoms with E-state index in [4.69, 9.17) is 9.47 Å². The number of esters is 1. The van der Waals surface area contributed by atoms with Crippen LogP contribution in [0, 0.1) is 5.92 Å². The van der Waals surface area contributed by atoms with Crippen molar-refractivity contribution < 1.29 is 14.3 Å². The van der Waals surface area contributed by atoms with Gasteiger partial charge in [-0.15, -0.1) is 0 Å². The molecule has 0 radical (unpaired) electrons. The second-order valence-electron chi connectivity index (χ2n) is 5.49. The van der Waals surface area contributed by atoms with Crippen LogP contribution >= 0.6 is 15.9 Å². The van der Waals surface area contributed by atoms with E-state index in [1.807, 2.05) is 11.7 Å². The van der Waals surface area contributed by atoms with Crippen LogP contribution in [0.5, 0.6) is 0 Å². The molecule has 1 aromatic rings. The zero-order valence-corrected chi connectivity index (χ0v) is 14.5. The Morgan fingerprint density at radius 1 is 1.38 bits per heavy atom. The minimum atomic E-state index is -0.0876. The second kappa shape index (κ2) is 7.40. The van der Waals surface area contributed by atoms with Crippen molar-refractivity contribution in [1.82, 2.24) is 9.78 Å². The first-order chi connectivity index (χ1) is 10.1. The number of ether oxygens (including phenoxy) is 2. The van der Waals surface area contributed by atoms with E-state index < -0.39 is 0 Å². The number of aromatic nitrogens is 2. The fourth-order valence-corrected chi connectivity index (χ4v) is 3.54. The number of nitrogens with zero attached hydrogens (tertiary/aromatic N) is 2. The molecule has 1 heterocycles. The molecule has 1 aliphatic rings. The van der Waals surface area contributed by atoms with Crippen molar-refractivity contribution in [1.29, 1.82) is 0 Å². The minimum absolute atomic E-state index is 0.0463. The lowest BCUT2D eigenvalue weighted by Crippen LogP contribution is -2.27. The molecule has 0 spiro atoms. The first-order valence-corrected chi connectivity index (χ1v) is 8.25. The molecule has 0 bridgehead atoms. The summed E-state index contributed by atoms with van der Waals surface area (Å²) in [6, 6.07) is 0. The maximum atomic E-state index is 11.5. The zero-order chi connectivity index (χ0) is 15.4. The van der Waals surface area contributed by atoms with Crippen LogP contribution < -0.4 is 0 Å². The molecule has 1 aromatic heterocycles. The Bertz CT molecular complexity index is 493. The molecule has 118 valence electrons. The van der Waals surface area contributed by atoms with Crippen LogP contribution in [0.1, 0.15) is 44.0 Å². The van der Waals surface area contributed by atoms with E-state index in [1.54, 1.807) is 0 Å². The highest BCUT2D eigenvalue weighted by Crippen LogP contribution is 2.29. The third-order valence-corrected chi connectivity index (χ3v) is 5.08. The van der Waals surface area contributed by atoms with Crippen molar-refractivity contribution in [2.24, 2.45) is 13.0 Å². The van der Waals surface area contributed by atoms with Gasteiger partial charge in [0.1, 0.15) is 0 Å². The van der Waals surface area contributed by atoms with Crippen molar-refractivity contribution in [3.8, 4) is 0 Å². The molecular formula is C15H23BrN2O3. The average molecular weight is 359 g/mol. The Hall–Kier alpha value is -0.880. The molecule has 0 atom stereocenters. The van der Waals surface area contributed by atoms with Crippen LogP contribution in [-0.2, 0) is 34.3 Å². The quantitative estimate of drug-likeness (QED) is 0.759. The molecule has 6 heteroatoms. The van der Waals surface area contributed by atoms with Gasteiger partial charge in [0.2, 0.25) is 0 Å². The molecule has 1 fully saturated rings. The Morgan fingerprint density at radius 2 is 2.05 bits per heavy atom. The van der Waals surface area contributed by atoms with Gasteiger partial charge in [0, 0.05) is 7.05 Å². The highest BCUT2D eigenvalue weighted by molar-refractivity contribution is 9.10. The molecule has 0 aromatic carbocycles. The minimum Gasteiger partial charge on any atom is -0.469 e. The number of halogens is 1. The van der Waals surface area contributed by atoms with E-state index in [-0.39, 0.29) is 18.0 Å². The normalized spacial score (nSPS) is 22.3. The van der Waals surface area contributed by atoms with Gasteiger partial charge in [0.05, 0.1) is 41.6 Å². The number of aryl methyl sites for hydroxylation is 2. The van der Waals surface area contributed by atoms with Crippen LogP contribution in [0.2, 0.25) is 0 Å². The summed E-state index contributed by atoms with van der Waals surface area (Å²) in [5.74, 6) is -0.0413. The molecule has 0 unspecified atom stereocenters.